The predicted molar refractivity (Wildman–Crippen MR) is 88.5 cm³/mol. The fourth-order valence-corrected chi connectivity index (χ4v) is 3.40. The number of rotatable bonds is 4. The standard InChI is InChI=1S/C16H24N2O2S/c1-16(2,3)13-7-10(15(19)20)8-14(18-13)17-11-5-6-12(9-11)21-4/h7-8,11-12H,5-6,9H2,1-4H3,(H,17,18)(H,19,20). The Bertz CT molecular complexity index is 525. The van der Waals surface area contributed by atoms with Gasteiger partial charge in [0.1, 0.15) is 5.82 Å². The lowest BCUT2D eigenvalue weighted by atomic mass is 9.90. The Labute approximate surface area is 130 Å². The Balaban J connectivity index is 2.22. The van der Waals surface area contributed by atoms with Crippen molar-refractivity contribution in [1.29, 1.82) is 0 Å². The second kappa shape index (κ2) is 6.26. The van der Waals surface area contributed by atoms with E-state index >= 15 is 0 Å². The number of pyridine rings is 1. The summed E-state index contributed by atoms with van der Waals surface area (Å²) in [6.07, 6.45) is 5.60. The maximum absolute atomic E-state index is 11.3. The Kier molecular flexibility index (Phi) is 4.81. The summed E-state index contributed by atoms with van der Waals surface area (Å²) in [6.45, 7) is 6.14. The van der Waals surface area contributed by atoms with Gasteiger partial charge < -0.3 is 10.4 Å². The van der Waals surface area contributed by atoms with Crippen molar-refractivity contribution in [1.82, 2.24) is 4.98 Å². The number of carboxylic acid groups (broad SMARTS) is 1. The molecule has 0 bridgehead atoms. The molecule has 1 aliphatic rings. The van der Waals surface area contributed by atoms with Gasteiger partial charge in [0.25, 0.3) is 0 Å². The van der Waals surface area contributed by atoms with Gasteiger partial charge in [0.05, 0.1) is 5.56 Å². The van der Waals surface area contributed by atoms with Gasteiger partial charge in [0.2, 0.25) is 0 Å². The number of carbonyl (C=O) groups is 1. The molecule has 0 amide bonds. The van der Waals surface area contributed by atoms with Crippen molar-refractivity contribution in [3.8, 4) is 0 Å². The summed E-state index contributed by atoms with van der Waals surface area (Å²) in [4.78, 5) is 15.9. The molecule has 2 N–H and O–H groups in total. The second-order valence-corrected chi connectivity index (χ2v) is 7.83. The van der Waals surface area contributed by atoms with E-state index in [0.29, 0.717) is 22.7 Å². The smallest absolute Gasteiger partial charge is 0.335 e. The Morgan fingerprint density at radius 3 is 2.62 bits per heavy atom. The second-order valence-electron chi connectivity index (χ2n) is 6.69. The number of aromatic nitrogens is 1. The van der Waals surface area contributed by atoms with Crippen LogP contribution in [0.15, 0.2) is 12.1 Å². The zero-order valence-corrected chi connectivity index (χ0v) is 14.0. The molecule has 116 valence electrons. The Morgan fingerprint density at radius 1 is 1.38 bits per heavy atom. The van der Waals surface area contributed by atoms with E-state index in [9.17, 15) is 9.90 Å². The minimum Gasteiger partial charge on any atom is -0.478 e. The summed E-state index contributed by atoms with van der Waals surface area (Å²) in [5.74, 6) is -0.217. The van der Waals surface area contributed by atoms with E-state index < -0.39 is 5.97 Å². The third-order valence-electron chi connectivity index (χ3n) is 3.91. The number of nitrogens with one attached hydrogen (secondary N) is 1. The predicted octanol–water partition coefficient (Wildman–Crippen LogP) is 3.77. The van der Waals surface area contributed by atoms with E-state index in [0.717, 1.165) is 18.5 Å². The van der Waals surface area contributed by atoms with E-state index in [2.05, 4.69) is 16.6 Å². The van der Waals surface area contributed by atoms with E-state index in [-0.39, 0.29) is 5.41 Å². The average Bonchev–Trinajstić information content (AvgIpc) is 2.85. The highest BCUT2D eigenvalue weighted by molar-refractivity contribution is 7.99. The van der Waals surface area contributed by atoms with Crippen molar-refractivity contribution in [2.24, 2.45) is 0 Å². The molecule has 4 nitrogen and oxygen atoms in total. The van der Waals surface area contributed by atoms with Crippen LogP contribution in [0.3, 0.4) is 0 Å². The van der Waals surface area contributed by atoms with Crippen LogP contribution in [0.2, 0.25) is 0 Å². The first kappa shape index (κ1) is 16.1. The van der Waals surface area contributed by atoms with Crippen LogP contribution in [0.25, 0.3) is 0 Å². The monoisotopic (exact) mass is 308 g/mol. The summed E-state index contributed by atoms with van der Waals surface area (Å²) >= 11 is 1.91. The van der Waals surface area contributed by atoms with Crippen molar-refractivity contribution in [3.05, 3.63) is 23.4 Å². The van der Waals surface area contributed by atoms with Crippen LogP contribution >= 0.6 is 11.8 Å². The number of aromatic carboxylic acids is 1. The summed E-state index contributed by atoms with van der Waals surface area (Å²) in [6, 6.07) is 3.71. The van der Waals surface area contributed by atoms with Gasteiger partial charge in [-0.1, -0.05) is 20.8 Å². The lowest BCUT2D eigenvalue weighted by Gasteiger charge is -2.21. The number of hydrogen-bond acceptors (Lipinski definition) is 4. The normalized spacial score (nSPS) is 22.3. The zero-order chi connectivity index (χ0) is 15.6. The molecule has 2 atom stereocenters. The van der Waals surface area contributed by atoms with Crippen LogP contribution in [0.5, 0.6) is 0 Å². The molecule has 0 aliphatic heterocycles. The first-order valence-corrected chi connectivity index (χ1v) is 8.63. The molecule has 1 aliphatic carbocycles. The molecule has 2 rings (SSSR count). The Morgan fingerprint density at radius 2 is 2.10 bits per heavy atom. The molecule has 0 aromatic carbocycles. The van der Waals surface area contributed by atoms with Crippen LogP contribution in [-0.2, 0) is 5.41 Å². The van der Waals surface area contributed by atoms with Gasteiger partial charge in [-0.15, -0.1) is 0 Å². The van der Waals surface area contributed by atoms with Crippen LogP contribution in [0.4, 0.5) is 5.82 Å². The largest absolute Gasteiger partial charge is 0.478 e. The average molecular weight is 308 g/mol. The van der Waals surface area contributed by atoms with Crippen molar-refractivity contribution < 1.29 is 9.90 Å². The lowest BCUT2D eigenvalue weighted by Crippen LogP contribution is -2.20. The van der Waals surface area contributed by atoms with Crippen molar-refractivity contribution in [2.45, 2.75) is 56.7 Å². The van der Waals surface area contributed by atoms with E-state index in [4.69, 9.17) is 0 Å². The lowest BCUT2D eigenvalue weighted by molar-refractivity contribution is 0.0696. The third-order valence-corrected chi connectivity index (χ3v) is 5.01. The molecule has 0 saturated heterocycles. The molecule has 1 heterocycles. The number of carboxylic acids is 1. The van der Waals surface area contributed by atoms with Crippen LogP contribution < -0.4 is 5.32 Å². The van der Waals surface area contributed by atoms with Crippen molar-refractivity contribution in [2.75, 3.05) is 11.6 Å². The molecular weight excluding hydrogens is 284 g/mol. The molecule has 0 spiro atoms. The number of nitrogens with zero attached hydrogens (tertiary/aromatic N) is 1. The van der Waals surface area contributed by atoms with Crippen LogP contribution in [0, 0.1) is 0 Å². The van der Waals surface area contributed by atoms with Gasteiger partial charge in [0.15, 0.2) is 0 Å². The highest BCUT2D eigenvalue weighted by Gasteiger charge is 2.25. The van der Waals surface area contributed by atoms with Crippen molar-refractivity contribution >= 4 is 23.5 Å². The fourth-order valence-electron chi connectivity index (χ4n) is 2.61. The summed E-state index contributed by atoms with van der Waals surface area (Å²) < 4.78 is 0. The minimum absolute atomic E-state index is 0.167. The number of hydrogen-bond donors (Lipinski definition) is 2. The maximum atomic E-state index is 11.3. The molecule has 1 aromatic rings. The number of anilines is 1. The van der Waals surface area contributed by atoms with Gasteiger partial charge in [0, 0.05) is 22.4 Å². The van der Waals surface area contributed by atoms with Gasteiger partial charge >= 0.3 is 5.97 Å². The van der Waals surface area contributed by atoms with Gasteiger partial charge in [-0.2, -0.15) is 11.8 Å². The third kappa shape index (κ3) is 4.13. The van der Waals surface area contributed by atoms with Gasteiger partial charge in [-0.3, -0.25) is 0 Å². The maximum Gasteiger partial charge on any atom is 0.335 e. The molecule has 1 fully saturated rings. The van der Waals surface area contributed by atoms with Crippen LogP contribution in [0.1, 0.15) is 56.1 Å². The fraction of sp³-hybridized carbons (Fsp3) is 0.625. The first-order valence-electron chi connectivity index (χ1n) is 7.35. The molecular formula is C16H24N2O2S. The number of thioether (sulfide) groups is 1. The van der Waals surface area contributed by atoms with Crippen LogP contribution in [-0.4, -0.2) is 33.6 Å². The summed E-state index contributed by atoms with van der Waals surface area (Å²) in [7, 11) is 0. The zero-order valence-electron chi connectivity index (χ0n) is 13.1. The van der Waals surface area contributed by atoms with Gasteiger partial charge in [-0.05, 0) is 37.7 Å². The minimum atomic E-state index is -0.903. The molecule has 2 unspecified atom stereocenters. The van der Waals surface area contributed by atoms with E-state index in [1.54, 1.807) is 12.1 Å². The van der Waals surface area contributed by atoms with E-state index in [1.165, 1.54) is 6.42 Å². The SMILES string of the molecule is CSC1CCC(Nc2cc(C(=O)O)cc(C(C)(C)C)n2)C1. The molecule has 1 aromatic heterocycles. The first-order chi connectivity index (χ1) is 9.79. The highest BCUT2D eigenvalue weighted by atomic mass is 32.2. The molecule has 0 radical (unpaired) electrons. The van der Waals surface area contributed by atoms with E-state index in [1.807, 2.05) is 32.5 Å². The molecule has 21 heavy (non-hydrogen) atoms. The molecule has 1 saturated carbocycles. The van der Waals surface area contributed by atoms with Crippen molar-refractivity contribution in [3.63, 3.8) is 0 Å². The quantitative estimate of drug-likeness (QED) is 0.886. The topological polar surface area (TPSA) is 62.2 Å². The summed E-state index contributed by atoms with van der Waals surface area (Å²) in [5, 5.41) is 13.4. The highest BCUT2D eigenvalue weighted by Crippen LogP contribution is 2.31. The molecule has 5 heteroatoms. The van der Waals surface area contributed by atoms with Gasteiger partial charge in [-0.25, -0.2) is 9.78 Å². The Hall–Kier alpha value is -1.23. The summed E-state index contributed by atoms with van der Waals surface area (Å²) in [5.41, 5.74) is 0.945.